The molecule has 0 atom stereocenters. The van der Waals surface area contributed by atoms with E-state index < -0.39 is 5.91 Å². The lowest BCUT2D eigenvalue weighted by atomic mass is 10.1. The van der Waals surface area contributed by atoms with E-state index in [1.807, 2.05) is 30.5 Å². The van der Waals surface area contributed by atoms with Gasteiger partial charge in [0, 0.05) is 25.2 Å². The number of hydrogen-bond donors (Lipinski definition) is 2. The third-order valence-electron chi connectivity index (χ3n) is 5.98. The molecule has 1 aromatic heterocycles. The van der Waals surface area contributed by atoms with E-state index in [1.165, 1.54) is 29.7 Å². The van der Waals surface area contributed by atoms with Crippen LogP contribution in [0.2, 0.25) is 0 Å². The van der Waals surface area contributed by atoms with E-state index in [-0.39, 0.29) is 11.7 Å². The first-order valence-corrected chi connectivity index (χ1v) is 13.2. The van der Waals surface area contributed by atoms with Gasteiger partial charge in [0.2, 0.25) is 0 Å². The molecule has 0 unspecified atom stereocenters. The van der Waals surface area contributed by atoms with Gasteiger partial charge in [0.1, 0.15) is 10.7 Å². The number of hydrogen-bond acceptors (Lipinski definition) is 6. The summed E-state index contributed by atoms with van der Waals surface area (Å²) in [5.74, 6) is -1.12. The lowest BCUT2D eigenvalue weighted by Crippen LogP contribution is -2.32. The summed E-state index contributed by atoms with van der Waals surface area (Å²) in [4.78, 5) is 30.8. The predicted octanol–water partition coefficient (Wildman–Crippen LogP) is 4.99. The number of hydrazone groups is 1. The molecule has 0 saturated carbocycles. The van der Waals surface area contributed by atoms with Crippen molar-refractivity contribution in [1.29, 1.82) is 0 Å². The van der Waals surface area contributed by atoms with Crippen LogP contribution < -0.4 is 10.7 Å². The molecular weight excluding hydrogens is 489 g/mol. The SMILES string of the molecule is CCN(CC)CCN(C)Cc1cccc(C(=O)Nc2c(C)csc2C(=O)NN=Cc2cccc(F)c2)c1. The van der Waals surface area contributed by atoms with Crippen LogP contribution >= 0.6 is 11.3 Å². The van der Waals surface area contributed by atoms with Crippen molar-refractivity contribution in [2.75, 3.05) is 38.5 Å². The largest absolute Gasteiger partial charge is 0.320 e. The Morgan fingerprint density at radius 2 is 1.81 bits per heavy atom. The molecule has 2 amide bonds. The third kappa shape index (κ3) is 8.31. The number of amides is 2. The highest BCUT2D eigenvalue weighted by Gasteiger charge is 2.19. The Bertz CT molecular complexity index is 1240. The fourth-order valence-electron chi connectivity index (χ4n) is 3.81. The predicted molar refractivity (Wildman–Crippen MR) is 149 cm³/mol. The van der Waals surface area contributed by atoms with E-state index in [1.54, 1.807) is 18.2 Å². The lowest BCUT2D eigenvalue weighted by Gasteiger charge is -2.23. The third-order valence-corrected chi connectivity index (χ3v) is 7.08. The van der Waals surface area contributed by atoms with Crippen LogP contribution in [-0.4, -0.2) is 61.1 Å². The minimum Gasteiger partial charge on any atom is -0.320 e. The van der Waals surface area contributed by atoms with Gasteiger partial charge in [-0.25, -0.2) is 9.82 Å². The highest BCUT2D eigenvalue weighted by Crippen LogP contribution is 2.28. The van der Waals surface area contributed by atoms with E-state index in [9.17, 15) is 14.0 Å². The maximum atomic E-state index is 13.3. The minimum atomic E-state index is -0.454. The Morgan fingerprint density at radius 3 is 2.54 bits per heavy atom. The molecule has 1 heterocycles. The van der Waals surface area contributed by atoms with Gasteiger partial charge in [-0.1, -0.05) is 38.1 Å². The summed E-state index contributed by atoms with van der Waals surface area (Å²) in [5, 5.41) is 8.62. The molecule has 2 aromatic carbocycles. The molecule has 7 nitrogen and oxygen atoms in total. The van der Waals surface area contributed by atoms with Gasteiger partial charge in [-0.2, -0.15) is 5.10 Å². The van der Waals surface area contributed by atoms with Gasteiger partial charge < -0.3 is 15.1 Å². The molecule has 9 heteroatoms. The van der Waals surface area contributed by atoms with Gasteiger partial charge in [-0.05, 0) is 73.4 Å². The molecule has 0 aliphatic rings. The maximum absolute atomic E-state index is 13.3. The number of nitrogens with one attached hydrogen (secondary N) is 2. The van der Waals surface area contributed by atoms with Gasteiger partial charge in [-0.15, -0.1) is 11.3 Å². The van der Waals surface area contributed by atoms with E-state index >= 15 is 0 Å². The lowest BCUT2D eigenvalue weighted by molar-refractivity contribution is 0.0960. The number of nitrogens with zero attached hydrogens (tertiary/aromatic N) is 3. The Hall–Kier alpha value is -3.40. The highest BCUT2D eigenvalue weighted by molar-refractivity contribution is 7.13. The first-order chi connectivity index (χ1) is 17.8. The Balaban J connectivity index is 1.63. The Kier molecular flexibility index (Phi) is 10.5. The molecule has 3 rings (SSSR count). The molecule has 3 aromatic rings. The van der Waals surface area contributed by atoms with Crippen LogP contribution in [0.15, 0.2) is 59.0 Å². The molecule has 0 radical (unpaired) electrons. The number of anilines is 1. The number of likely N-dealkylation sites (N-methyl/N-ethyl adjacent to an activating group) is 2. The van der Waals surface area contributed by atoms with Gasteiger partial charge in [0.25, 0.3) is 11.8 Å². The average molecular weight is 524 g/mol. The molecule has 0 aliphatic heterocycles. The molecule has 196 valence electrons. The van der Waals surface area contributed by atoms with Crippen molar-refractivity contribution in [2.45, 2.75) is 27.3 Å². The number of thiophene rings is 1. The van der Waals surface area contributed by atoms with Crippen LogP contribution in [0.3, 0.4) is 0 Å². The zero-order valence-corrected chi connectivity index (χ0v) is 22.6. The molecule has 2 N–H and O–H groups in total. The van der Waals surface area contributed by atoms with Crippen molar-refractivity contribution in [1.82, 2.24) is 15.2 Å². The van der Waals surface area contributed by atoms with Crippen molar-refractivity contribution in [2.24, 2.45) is 5.10 Å². The zero-order valence-electron chi connectivity index (χ0n) is 21.8. The van der Waals surface area contributed by atoms with Gasteiger partial charge in [0.05, 0.1) is 11.9 Å². The molecule has 0 bridgehead atoms. The zero-order chi connectivity index (χ0) is 26.8. The second kappa shape index (κ2) is 13.8. The summed E-state index contributed by atoms with van der Waals surface area (Å²) < 4.78 is 13.3. The minimum absolute atomic E-state index is 0.286. The number of aryl methyl sites for hydroxylation is 1. The van der Waals surface area contributed by atoms with E-state index in [4.69, 9.17) is 0 Å². The highest BCUT2D eigenvalue weighted by atomic mass is 32.1. The quantitative estimate of drug-likeness (QED) is 0.259. The van der Waals surface area contributed by atoms with Gasteiger partial charge in [0.15, 0.2) is 0 Å². The van der Waals surface area contributed by atoms with E-state index in [0.717, 1.165) is 43.9 Å². The summed E-state index contributed by atoms with van der Waals surface area (Å²) >= 11 is 1.22. The summed E-state index contributed by atoms with van der Waals surface area (Å²) in [6.07, 6.45) is 1.37. The Morgan fingerprint density at radius 1 is 1.05 bits per heavy atom. The van der Waals surface area contributed by atoms with Crippen LogP contribution in [0.1, 0.15) is 50.6 Å². The van der Waals surface area contributed by atoms with Gasteiger partial charge in [-0.3, -0.25) is 9.59 Å². The topological polar surface area (TPSA) is 77.0 Å². The Labute approximate surface area is 222 Å². The number of benzene rings is 2. The molecule has 0 saturated heterocycles. The smallest absolute Gasteiger partial charge is 0.283 e. The molecule has 0 aliphatic carbocycles. The average Bonchev–Trinajstić information content (AvgIpc) is 3.24. The van der Waals surface area contributed by atoms with E-state index in [2.05, 4.69) is 46.5 Å². The molecule has 0 fully saturated rings. The second-order valence-corrected chi connectivity index (χ2v) is 9.68. The molecule has 0 spiro atoms. The number of carbonyl (C=O) groups is 2. The monoisotopic (exact) mass is 523 g/mol. The summed E-state index contributed by atoms with van der Waals surface area (Å²) in [6, 6.07) is 13.4. The van der Waals surface area contributed by atoms with Gasteiger partial charge >= 0.3 is 0 Å². The second-order valence-electron chi connectivity index (χ2n) is 8.80. The number of halogens is 1. The fourth-order valence-corrected chi connectivity index (χ4v) is 4.70. The first kappa shape index (κ1) is 28.2. The molecular formula is C28H34FN5O2S. The van der Waals surface area contributed by atoms with E-state index in [0.29, 0.717) is 21.7 Å². The number of rotatable bonds is 12. The van der Waals surface area contributed by atoms with Crippen LogP contribution in [0.25, 0.3) is 0 Å². The summed E-state index contributed by atoms with van der Waals surface area (Å²) in [6.45, 7) is 10.9. The van der Waals surface area contributed by atoms with Crippen molar-refractivity contribution >= 4 is 35.1 Å². The van der Waals surface area contributed by atoms with Crippen molar-refractivity contribution < 1.29 is 14.0 Å². The van der Waals surface area contributed by atoms with Crippen LogP contribution in [0.5, 0.6) is 0 Å². The fraction of sp³-hybridized carbons (Fsp3) is 0.321. The van der Waals surface area contributed by atoms with Crippen molar-refractivity contribution in [3.63, 3.8) is 0 Å². The van der Waals surface area contributed by atoms with Crippen molar-refractivity contribution in [3.05, 3.63) is 86.9 Å². The summed E-state index contributed by atoms with van der Waals surface area (Å²) in [7, 11) is 2.08. The molecule has 37 heavy (non-hydrogen) atoms. The van der Waals surface area contributed by atoms with Crippen LogP contribution in [0, 0.1) is 12.7 Å². The first-order valence-electron chi connectivity index (χ1n) is 12.3. The van der Waals surface area contributed by atoms with Crippen molar-refractivity contribution in [3.8, 4) is 0 Å². The van der Waals surface area contributed by atoms with Crippen LogP contribution in [0.4, 0.5) is 10.1 Å². The maximum Gasteiger partial charge on any atom is 0.283 e. The van der Waals surface area contributed by atoms with Crippen LogP contribution in [-0.2, 0) is 6.54 Å². The standard InChI is InChI=1S/C28H34FN5O2S/c1-5-34(6-2)14-13-33(4)18-22-10-7-11-23(15-22)27(35)31-25-20(3)19-37-26(25)28(36)32-30-17-21-9-8-12-24(29)16-21/h7-12,15-17,19H,5-6,13-14,18H2,1-4H3,(H,31,35)(H,32,36). The number of carbonyl (C=O) groups excluding carboxylic acids is 2. The normalized spacial score (nSPS) is 11.4. The summed E-state index contributed by atoms with van der Waals surface area (Å²) in [5.41, 5.74) is 5.78.